The summed E-state index contributed by atoms with van der Waals surface area (Å²) in [6.07, 6.45) is 0.567. The van der Waals surface area contributed by atoms with Gasteiger partial charge in [0.1, 0.15) is 12.6 Å². The molecule has 1 N–H and O–H groups in total. The number of piperazine rings is 2. The lowest BCUT2D eigenvalue weighted by molar-refractivity contribution is -0.151. The number of ether oxygens (including phenoxy) is 3. The number of carbonyl (C=O) groups excluding carboxylic acids is 2. The van der Waals surface area contributed by atoms with Crippen molar-refractivity contribution < 1.29 is 32.2 Å². The lowest BCUT2D eigenvalue weighted by Crippen LogP contribution is -2.67. The number of nitrogens with one attached hydrogen (secondary N) is 1. The Labute approximate surface area is 171 Å². The molecule has 3 atom stereocenters. The predicted molar refractivity (Wildman–Crippen MR) is 102 cm³/mol. The van der Waals surface area contributed by atoms with E-state index in [1.807, 2.05) is 0 Å². The Morgan fingerprint density at radius 2 is 1.83 bits per heavy atom. The van der Waals surface area contributed by atoms with Crippen LogP contribution in [-0.4, -0.2) is 112 Å². The zero-order valence-corrected chi connectivity index (χ0v) is 17.7. The molecule has 2 bridgehead atoms. The van der Waals surface area contributed by atoms with Crippen molar-refractivity contribution in [1.82, 2.24) is 18.8 Å². The highest BCUT2D eigenvalue weighted by Crippen LogP contribution is 2.37. The van der Waals surface area contributed by atoms with E-state index in [-0.39, 0.29) is 32.4 Å². The van der Waals surface area contributed by atoms with Gasteiger partial charge in [-0.15, -0.1) is 0 Å². The molecular formula is C17H30N4O7S. The van der Waals surface area contributed by atoms with Crippen LogP contribution in [0.15, 0.2) is 0 Å². The molecule has 29 heavy (non-hydrogen) atoms. The van der Waals surface area contributed by atoms with E-state index in [1.54, 1.807) is 6.92 Å². The van der Waals surface area contributed by atoms with Crippen molar-refractivity contribution in [3.05, 3.63) is 0 Å². The van der Waals surface area contributed by atoms with Gasteiger partial charge in [-0.25, -0.2) is 4.79 Å². The van der Waals surface area contributed by atoms with E-state index in [0.717, 1.165) is 0 Å². The van der Waals surface area contributed by atoms with Crippen LogP contribution in [0, 0.1) is 0 Å². The summed E-state index contributed by atoms with van der Waals surface area (Å²) in [5.74, 6) is -0.633. The number of nitrogens with zero attached hydrogens (tertiary/aromatic N) is 3. The molecule has 0 spiro atoms. The minimum atomic E-state index is -3.87. The van der Waals surface area contributed by atoms with E-state index in [9.17, 15) is 18.0 Å². The first-order valence-electron chi connectivity index (χ1n) is 10.00. The molecule has 0 radical (unpaired) electrons. The number of amides is 1. The Kier molecular flexibility index (Phi) is 7.32. The van der Waals surface area contributed by atoms with Gasteiger partial charge < -0.3 is 19.5 Å². The lowest BCUT2D eigenvalue weighted by Gasteiger charge is -2.45. The summed E-state index contributed by atoms with van der Waals surface area (Å²) in [7, 11) is -2.36. The van der Waals surface area contributed by atoms with Crippen molar-refractivity contribution in [2.45, 2.75) is 37.9 Å². The van der Waals surface area contributed by atoms with Gasteiger partial charge in [-0.2, -0.15) is 17.0 Å². The monoisotopic (exact) mass is 434 g/mol. The summed E-state index contributed by atoms with van der Waals surface area (Å²) in [5.41, 5.74) is 0. The van der Waals surface area contributed by atoms with E-state index in [4.69, 9.17) is 14.2 Å². The van der Waals surface area contributed by atoms with Crippen LogP contribution in [-0.2, 0) is 29.2 Å². The van der Waals surface area contributed by atoms with Gasteiger partial charge in [-0.05, 0) is 19.8 Å². The van der Waals surface area contributed by atoms with E-state index in [1.165, 1.54) is 20.6 Å². The second kappa shape index (κ2) is 9.56. The standard InChI is InChI=1S/C17H30N4O7S/c1-3-27-16(22)15-14-5-4-13(21(14)17(23)28-11-10-26-2)12-20(15)29(24,25)19-8-6-18-7-9-19/h13-15,18H,3-12H2,1-2H3/t13-,14+,15+/m1/s1. The van der Waals surface area contributed by atoms with Gasteiger partial charge in [0.15, 0.2) is 0 Å². The van der Waals surface area contributed by atoms with Gasteiger partial charge in [0.2, 0.25) is 0 Å². The largest absolute Gasteiger partial charge is 0.465 e. The van der Waals surface area contributed by atoms with Gasteiger partial charge in [-0.3, -0.25) is 9.69 Å². The molecule has 3 rings (SSSR count). The van der Waals surface area contributed by atoms with Crippen LogP contribution in [0.25, 0.3) is 0 Å². The molecule has 3 saturated heterocycles. The van der Waals surface area contributed by atoms with E-state index >= 15 is 0 Å². The number of esters is 1. The summed E-state index contributed by atoms with van der Waals surface area (Å²) in [4.78, 5) is 26.9. The molecule has 3 heterocycles. The predicted octanol–water partition coefficient (Wildman–Crippen LogP) is -1.00. The number of fused-ring (bicyclic) bond motifs is 2. The van der Waals surface area contributed by atoms with Crippen LogP contribution in [0.4, 0.5) is 4.79 Å². The van der Waals surface area contributed by atoms with Crippen LogP contribution >= 0.6 is 0 Å². The van der Waals surface area contributed by atoms with Crippen LogP contribution in [0.3, 0.4) is 0 Å². The molecule has 0 aromatic rings. The minimum absolute atomic E-state index is 0.0472. The summed E-state index contributed by atoms with van der Waals surface area (Å²) in [5, 5.41) is 3.12. The smallest absolute Gasteiger partial charge is 0.410 e. The van der Waals surface area contributed by atoms with Crippen LogP contribution in [0.5, 0.6) is 0 Å². The average molecular weight is 435 g/mol. The number of carbonyl (C=O) groups is 2. The highest BCUT2D eigenvalue weighted by Gasteiger charge is 2.56. The summed E-state index contributed by atoms with van der Waals surface area (Å²) in [6.45, 7) is 4.00. The zero-order valence-electron chi connectivity index (χ0n) is 16.9. The Morgan fingerprint density at radius 3 is 2.48 bits per heavy atom. The first-order chi connectivity index (χ1) is 13.9. The third-order valence-corrected chi connectivity index (χ3v) is 7.55. The molecule has 3 fully saturated rings. The third-order valence-electron chi connectivity index (χ3n) is 5.56. The molecular weight excluding hydrogens is 404 g/mol. The first kappa shape index (κ1) is 22.2. The molecule has 166 valence electrons. The maximum absolute atomic E-state index is 13.3. The fourth-order valence-electron chi connectivity index (χ4n) is 4.25. The van der Waals surface area contributed by atoms with Gasteiger partial charge in [0.05, 0.1) is 19.3 Å². The number of hydrogen-bond donors (Lipinski definition) is 1. The normalized spacial score (nSPS) is 28.3. The maximum atomic E-state index is 13.3. The number of hydrogen-bond acceptors (Lipinski definition) is 8. The van der Waals surface area contributed by atoms with Crippen molar-refractivity contribution in [2.24, 2.45) is 0 Å². The van der Waals surface area contributed by atoms with Crippen molar-refractivity contribution >= 4 is 22.3 Å². The average Bonchev–Trinajstić information content (AvgIpc) is 3.02. The van der Waals surface area contributed by atoms with Gasteiger partial charge in [0.25, 0.3) is 10.2 Å². The molecule has 0 aromatic heterocycles. The van der Waals surface area contributed by atoms with Crippen molar-refractivity contribution in [2.75, 3.05) is 59.7 Å². The fraction of sp³-hybridized carbons (Fsp3) is 0.882. The van der Waals surface area contributed by atoms with E-state index in [2.05, 4.69) is 5.32 Å². The fourth-order valence-corrected chi connectivity index (χ4v) is 6.06. The van der Waals surface area contributed by atoms with Gasteiger partial charge in [0, 0.05) is 45.9 Å². The summed E-state index contributed by atoms with van der Waals surface area (Å²) < 4.78 is 44.6. The highest BCUT2D eigenvalue weighted by molar-refractivity contribution is 7.86. The van der Waals surface area contributed by atoms with E-state index < -0.39 is 34.4 Å². The molecule has 0 unspecified atom stereocenters. The molecule has 0 aromatic carbocycles. The molecule has 0 aliphatic carbocycles. The molecule has 11 nitrogen and oxygen atoms in total. The van der Waals surface area contributed by atoms with Crippen LogP contribution < -0.4 is 5.32 Å². The van der Waals surface area contributed by atoms with Gasteiger partial charge >= 0.3 is 12.1 Å². The number of rotatable bonds is 7. The maximum Gasteiger partial charge on any atom is 0.410 e. The van der Waals surface area contributed by atoms with Crippen LogP contribution in [0.1, 0.15) is 19.8 Å². The zero-order chi connectivity index (χ0) is 21.0. The van der Waals surface area contributed by atoms with Crippen molar-refractivity contribution in [3.8, 4) is 0 Å². The molecule has 1 amide bonds. The molecule has 3 aliphatic heterocycles. The summed E-state index contributed by atoms with van der Waals surface area (Å²) in [6, 6.07) is -2.03. The highest BCUT2D eigenvalue weighted by atomic mass is 32.2. The van der Waals surface area contributed by atoms with E-state index in [0.29, 0.717) is 39.0 Å². The Bertz CT molecular complexity index is 698. The molecule has 3 aliphatic rings. The van der Waals surface area contributed by atoms with Crippen molar-refractivity contribution in [3.63, 3.8) is 0 Å². The quantitative estimate of drug-likeness (QED) is 0.401. The SMILES string of the molecule is CCOC(=O)[C@@H]1[C@@H]2CC[C@H](CN1S(=O)(=O)N1CCNCC1)N2C(=O)OCCOC. The summed E-state index contributed by atoms with van der Waals surface area (Å²) >= 11 is 0. The lowest BCUT2D eigenvalue weighted by atomic mass is 10.1. The Balaban J connectivity index is 1.85. The molecule has 12 heteroatoms. The second-order valence-corrected chi connectivity index (χ2v) is 9.12. The second-order valence-electron chi connectivity index (χ2n) is 7.24. The van der Waals surface area contributed by atoms with Gasteiger partial charge in [-0.1, -0.05) is 0 Å². The number of methoxy groups -OCH3 is 1. The van der Waals surface area contributed by atoms with Crippen molar-refractivity contribution in [1.29, 1.82) is 0 Å². The molecule has 0 saturated carbocycles. The topological polar surface area (TPSA) is 118 Å². The Morgan fingerprint density at radius 1 is 1.10 bits per heavy atom. The third kappa shape index (κ3) is 4.50. The Hall–Kier alpha value is -1.47. The first-order valence-corrected chi connectivity index (χ1v) is 11.4. The minimum Gasteiger partial charge on any atom is -0.465 e. The van der Waals surface area contributed by atoms with Crippen LogP contribution in [0.2, 0.25) is 0 Å².